The van der Waals surface area contributed by atoms with Crippen molar-refractivity contribution in [3.05, 3.63) is 36.4 Å². The Labute approximate surface area is 121 Å². The van der Waals surface area contributed by atoms with E-state index in [0.717, 1.165) is 30.1 Å². The predicted molar refractivity (Wildman–Crippen MR) is 85.9 cm³/mol. The standard InChI is InChI=1S/C15H22N2OS/c1-5-17(11-12(3)4)15(19)16-13-9-7-8-10-14(13)18-6-2/h7-10H,3,5-6,11H2,1-2,4H3,(H,16,19). The van der Waals surface area contributed by atoms with Gasteiger partial charge in [0, 0.05) is 13.1 Å². The zero-order valence-corrected chi connectivity index (χ0v) is 12.7. The Kier molecular flexibility index (Phi) is 6.36. The average molecular weight is 278 g/mol. The fraction of sp³-hybridized carbons (Fsp3) is 0.400. The molecule has 1 aromatic carbocycles. The molecule has 0 aliphatic heterocycles. The van der Waals surface area contributed by atoms with E-state index in [-0.39, 0.29) is 0 Å². The number of anilines is 1. The molecule has 0 radical (unpaired) electrons. The van der Waals surface area contributed by atoms with Crippen LogP contribution in [-0.4, -0.2) is 29.7 Å². The molecule has 0 spiro atoms. The van der Waals surface area contributed by atoms with E-state index in [2.05, 4.69) is 23.7 Å². The molecule has 0 saturated heterocycles. The highest BCUT2D eigenvalue weighted by molar-refractivity contribution is 7.80. The lowest BCUT2D eigenvalue weighted by atomic mass is 10.3. The molecule has 104 valence electrons. The molecule has 19 heavy (non-hydrogen) atoms. The Morgan fingerprint density at radius 3 is 2.63 bits per heavy atom. The molecule has 1 N–H and O–H groups in total. The molecule has 0 fully saturated rings. The minimum atomic E-state index is 0.634. The fourth-order valence-electron chi connectivity index (χ4n) is 1.70. The molecule has 0 amide bonds. The summed E-state index contributed by atoms with van der Waals surface area (Å²) in [6, 6.07) is 7.81. The highest BCUT2D eigenvalue weighted by Gasteiger charge is 2.10. The summed E-state index contributed by atoms with van der Waals surface area (Å²) in [4.78, 5) is 2.07. The maximum atomic E-state index is 5.57. The number of hydrogen-bond donors (Lipinski definition) is 1. The second kappa shape index (κ2) is 7.79. The second-order valence-electron chi connectivity index (χ2n) is 4.33. The third-order valence-corrected chi connectivity index (χ3v) is 2.92. The van der Waals surface area contributed by atoms with Crippen molar-refractivity contribution in [2.75, 3.05) is 25.0 Å². The third-order valence-electron chi connectivity index (χ3n) is 2.56. The highest BCUT2D eigenvalue weighted by Crippen LogP contribution is 2.24. The fourth-order valence-corrected chi connectivity index (χ4v) is 2.00. The first-order chi connectivity index (χ1) is 9.08. The Bertz CT molecular complexity index is 446. The molecular formula is C15H22N2OS. The number of likely N-dealkylation sites (N-methyl/N-ethyl adjacent to an activating group) is 1. The van der Waals surface area contributed by atoms with E-state index in [1.54, 1.807) is 0 Å². The lowest BCUT2D eigenvalue weighted by molar-refractivity contribution is 0.342. The topological polar surface area (TPSA) is 24.5 Å². The van der Waals surface area contributed by atoms with Crippen LogP contribution in [0.25, 0.3) is 0 Å². The summed E-state index contributed by atoms with van der Waals surface area (Å²) < 4.78 is 5.57. The molecule has 0 saturated carbocycles. The Morgan fingerprint density at radius 2 is 2.05 bits per heavy atom. The molecule has 0 aliphatic carbocycles. The van der Waals surface area contributed by atoms with Crippen molar-refractivity contribution in [2.45, 2.75) is 20.8 Å². The van der Waals surface area contributed by atoms with Gasteiger partial charge in [0.05, 0.1) is 12.3 Å². The normalized spacial score (nSPS) is 9.84. The molecular weight excluding hydrogens is 256 g/mol. The molecule has 0 atom stereocenters. The van der Waals surface area contributed by atoms with Gasteiger partial charge < -0.3 is 15.0 Å². The molecule has 0 aliphatic rings. The van der Waals surface area contributed by atoms with Crippen LogP contribution in [-0.2, 0) is 0 Å². The van der Waals surface area contributed by atoms with Crippen molar-refractivity contribution in [3.63, 3.8) is 0 Å². The van der Waals surface area contributed by atoms with Crippen molar-refractivity contribution in [1.29, 1.82) is 0 Å². The van der Waals surface area contributed by atoms with Crippen molar-refractivity contribution < 1.29 is 4.74 Å². The van der Waals surface area contributed by atoms with Gasteiger partial charge in [-0.1, -0.05) is 24.3 Å². The SMILES string of the molecule is C=C(C)CN(CC)C(=S)Nc1ccccc1OCC. The van der Waals surface area contributed by atoms with Gasteiger partial charge in [-0.05, 0) is 45.1 Å². The quantitative estimate of drug-likeness (QED) is 0.634. The molecule has 1 aromatic rings. The lowest BCUT2D eigenvalue weighted by Crippen LogP contribution is -2.35. The van der Waals surface area contributed by atoms with Crippen LogP contribution in [0.4, 0.5) is 5.69 Å². The zero-order valence-electron chi connectivity index (χ0n) is 11.9. The number of nitrogens with zero attached hydrogens (tertiary/aromatic N) is 1. The minimum Gasteiger partial charge on any atom is -0.492 e. The minimum absolute atomic E-state index is 0.634. The van der Waals surface area contributed by atoms with Crippen molar-refractivity contribution >= 4 is 23.0 Å². The van der Waals surface area contributed by atoms with Crippen molar-refractivity contribution in [2.24, 2.45) is 0 Å². The summed E-state index contributed by atoms with van der Waals surface area (Å²) in [6.45, 7) is 12.2. The van der Waals surface area contributed by atoms with Gasteiger partial charge in [0.1, 0.15) is 5.75 Å². The van der Waals surface area contributed by atoms with Gasteiger partial charge in [0.2, 0.25) is 0 Å². The van der Waals surface area contributed by atoms with Crippen LogP contribution in [0.2, 0.25) is 0 Å². The van der Waals surface area contributed by atoms with E-state index in [9.17, 15) is 0 Å². The van der Waals surface area contributed by atoms with Gasteiger partial charge in [-0.25, -0.2) is 0 Å². The van der Waals surface area contributed by atoms with Crippen LogP contribution < -0.4 is 10.1 Å². The Morgan fingerprint density at radius 1 is 1.37 bits per heavy atom. The van der Waals surface area contributed by atoms with Crippen LogP contribution in [0.15, 0.2) is 36.4 Å². The number of ether oxygens (including phenoxy) is 1. The van der Waals surface area contributed by atoms with Crippen LogP contribution in [0, 0.1) is 0 Å². The molecule has 4 heteroatoms. The van der Waals surface area contributed by atoms with Crippen molar-refractivity contribution in [1.82, 2.24) is 4.90 Å². The summed E-state index contributed by atoms with van der Waals surface area (Å²) >= 11 is 5.44. The van der Waals surface area contributed by atoms with Crippen LogP contribution in [0.5, 0.6) is 5.75 Å². The first kappa shape index (κ1) is 15.5. The number of rotatable bonds is 6. The molecule has 0 heterocycles. The molecule has 3 nitrogen and oxygen atoms in total. The number of nitrogens with one attached hydrogen (secondary N) is 1. The second-order valence-corrected chi connectivity index (χ2v) is 4.72. The third kappa shape index (κ3) is 4.91. The van der Waals surface area contributed by atoms with Crippen LogP contribution in [0.1, 0.15) is 20.8 Å². The van der Waals surface area contributed by atoms with Gasteiger partial charge in [0.25, 0.3) is 0 Å². The van der Waals surface area contributed by atoms with Gasteiger partial charge in [0.15, 0.2) is 5.11 Å². The smallest absolute Gasteiger partial charge is 0.173 e. The van der Waals surface area contributed by atoms with Gasteiger partial charge in [-0.15, -0.1) is 0 Å². The summed E-state index contributed by atoms with van der Waals surface area (Å²) in [5.74, 6) is 0.818. The lowest BCUT2D eigenvalue weighted by Gasteiger charge is -2.25. The predicted octanol–water partition coefficient (Wildman–Crippen LogP) is 3.68. The van der Waals surface area contributed by atoms with E-state index in [0.29, 0.717) is 11.7 Å². The number of thiocarbonyl (C=S) groups is 1. The Hall–Kier alpha value is -1.55. The largest absolute Gasteiger partial charge is 0.492 e. The number of benzene rings is 1. The van der Waals surface area contributed by atoms with E-state index >= 15 is 0 Å². The summed E-state index contributed by atoms with van der Waals surface area (Å²) in [5, 5.41) is 3.94. The molecule has 0 aromatic heterocycles. The van der Waals surface area contributed by atoms with E-state index in [4.69, 9.17) is 17.0 Å². The highest BCUT2D eigenvalue weighted by atomic mass is 32.1. The zero-order chi connectivity index (χ0) is 14.3. The van der Waals surface area contributed by atoms with Gasteiger partial charge in [-0.3, -0.25) is 0 Å². The van der Waals surface area contributed by atoms with E-state index in [1.807, 2.05) is 38.1 Å². The van der Waals surface area contributed by atoms with Crippen LogP contribution in [0.3, 0.4) is 0 Å². The number of hydrogen-bond acceptors (Lipinski definition) is 2. The van der Waals surface area contributed by atoms with E-state index < -0.39 is 0 Å². The van der Waals surface area contributed by atoms with Crippen LogP contribution >= 0.6 is 12.2 Å². The number of para-hydroxylation sites is 2. The van der Waals surface area contributed by atoms with Gasteiger partial charge >= 0.3 is 0 Å². The summed E-state index contributed by atoms with van der Waals surface area (Å²) in [7, 11) is 0. The summed E-state index contributed by atoms with van der Waals surface area (Å²) in [6.07, 6.45) is 0. The van der Waals surface area contributed by atoms with Crippen molar-refractivity contribution in [3.8, 4) is 5.75 Å². The first-order valence-electron chi connectivity index (χ1n) is 6.50. The molecule has 1 rings (SSSR count). The average Bonchev–Trinajstić information content (AvgIpc) is 2.38. The maximum absolute atomic E-state index is 5.57. The Balaban J connectivity index is 2.77. The maximum Gasteiger partial charge on any atom is 0.173 e. The summed E-state index contributed by atoms with van der Waals surface area (Å²) in [5.41, 5.74) is 1.98. The molecule has 0 bridgehead atoms. The van der Waals surface area contributed by atoms with E-state index in [1.165, 1.54) is 0 Å². The monoisotopic (exact) mass is 278 g/mol. The molecule has 0 unspecified atom stereocenters. The van der Waals surface area contributed by atoms with Gasteiger partial charge in [-0.2, -0.15) is 0 Å². The first-order valence-corrected chi connectivity index (χ1v) is 6.91.